The summed E-state index contributed by atoms with van der Waals surface area (Å²) in [5.74, 6) is -0.536. The molecule has 0 saturated heterocycles. The molecule has 2 aliphatic rings. The van der Waals surface area contributed by atoms with E-state index in [2.05, 4.69) is 55.5 Å². The fourth-order valence-electron chi connectivity index (χ4n) is 6.19. The van der Waals surface area contributed by atoms with Crippen molar-refractivity contribution in [1.29, 1.82) is 0 Å². The maximum Gasteiger partial charge on any atom is 0.305 e. The summed E-state index contributed by atoms with van der Waals surface area (Å²) in [4.78, 5) is 41.7. The molecule has 0 spiro atoms. The highest BCUT2D eigenvalue weighted by molar-refractivity contribution is 5.97. The van der Waals surface area contributed by atoms with Crippen LogP contribution in [0.1, 0.15) is 91.5 Å². The van der Waals surface area contributed by atoms with Crippen LogP contribution in [-0.2, 0) is 25.5 Å². The number of ether oxygens (including phenoxy) is 2. The summed E-state index contributed by atoms with van der Waals surface area (Å²) in [6.45, 7) is 14.6. The molecule has 0 atom stereocenters. The van der Waals surface area contributed by atoms with E-state index in [-0.39, 0.29) is 24.8 Å². The van der Waals surface area contributed by atoms with Gasteiger partial charge in [-0.3, -0.25) is 9.59 Å². The maximum absolute atomic E-state index is 12.2. The molecule has 5 heterocycles. The molecular formula is C36H40N4O4. The zero-order chi connectivity index (χ0) is 31.7. The Morgan fingerprint density at radius 1 is 0.727 bits per heavy atom. The molecule has 2 aliphatic heterocycles. The summed E-state index contributed by atoms with van der Waals surface area (Å²) in [5, 5.41) is 0. The summed E-state index contributed by atoms with van der Waals surface area (Å²) >= 11 is 0. The molecule has 228 valence electrons. The van der Waals surface area contributed by atoms with Gasteiger partial charge in [0, 0.05) is 40.5 Å². The van der Waals surface area contributed by atoms with Gasteiger partial charge in [0.15, 0.2) is 0 Å². The molecule has 0 radical (unpaired) electrons. The number of fused-ring (bicyclic) bond motifs is 8. The van der Waals surface area contributed by atoms with E-state index < -0.39 is 0 Å². The smallest absolute Gasteiger partial charge is 0.305 e. The number of aromatic amines is 2. The van der Waals surface area contributed by atoms with Gasteiger partial charge in [-0.15, -0.1) is 0 Å². The Morgan fingerprint density at radius 3 is 1.77 bits per heavy atom. The quantitative estimate of drug-likeness (QED) is 0.257. The number of carbonyl (C=O) groups excluding carboxylic acids is 2. The molecule has 0 aliphatic carbocycles. The molecule has 2 N–H and O–H groups in total. The minimum atomic E-state index is -0.272. The number of hydrogen-bond acceptors (Lipinski definition) is 6. The van der Waals surface area contributed by atoms with Gasteiger partial charge in [-0.05, 0) is 110 Å². The molecule has 8 heteroatoms. The highest BCUT2D eigenvalue weighted by atomic mass is 16.5. The van der Waals surface area contributed by atoms with Crippen LogP contribution in [0, 0.1) is 13.8 Å². The van der Waals surface area contributed by atoms with Crippen molar-refractivity contribution in [1.82, 2.24) is 19.9 Å². The first-order chi connectivity index (χ1) is 21.1. The predicted molar refractivity (Wildman–Crippen MR) is 177 cm³/mol. The number of nitrogens with one attached hydrogen (secondary N) is 2. The predicted octanol–water partition coefficient (Wildman–Crippen LogP) is 7.90. The lowest BCUT2D eigenvalue weighted by molar-refractivity contribution is -0.141. The van der Waals surface area contributed by atoms with Crippen molar-refractivity contribution in [3.63, 3.8) is 0 Å². The van der Waals surface area contributed by atoms with Crippen molar-refractivity contribution in [3.8, 4) is 0 Å². The first-order valence-corrected chi connectivity index (χ1v) is 15.0. The first-order valence-electron chi connectivity index (χ1n) is 15.0. The summed E-state index contributed by atoms with van der Waals surface area (Å²) in [7, 11) is 2.81. The number of hydrogen-bond donors (Lipinski definition) is 2. The van der Waals surface area contributed by atoms with Gasteiger partial charge in [-0.1, -0.05) is 19.6 Å². The number of aryl methyl sites for hydroxylation is 3. The Morgan fingerprint density at radius 2 is 1.23 bits per heavy atom. The molecule has 8 nitrogen and oxygen atoms in total. The SMILES string of the molecule is C=Cc1c(C)c2cc3[nH]c(cc4nc(cc5nc(cc1[nH]2)C(C)=C5CCC(=O)OC)C(C)=C4CCC(=O)OC)c(CC)c3C. The van der Waals surface area contributed by atoms with E-state index in [4.69, 9.17) is 19.4 Å². The normalized spacial score (nSPS) is 13.0. The Labute approximate surface area is 258 Å². The van der Waals surface area contributed by atoms with Gasteiger partial charge in [0.25, 0.3) is 0 Å². The molecule has 5 rings (SSSR count). The van der Waals surface area contributed by atoms with Crippen molar-refractivity contribution >= 4 is 62.4 Å². The van der Waals surface area contributed by atoms with Gasteiger partial charge < -0.3 is 19.4 Å². The fourth-order valence-corrected chi connectivity index (χ4v) is 6.19. The third kappa shape index (κ3) is 5.64. The molecule has 0 aromatic carbocycles. The Bertz CT molecular complexity index is 1920. The number of nitrogens with zero attached hydrogens (tertiary/aromatic N) is 2. The van der Waals surface area contributed by atoms with Crippen LogP contribution in [-0.4, -0.2) is 46.1 Å². The lowest BCUT2D eigenvalue weighted by Crippen LogP contribution is -2.00. The standard InChI is InChI=1S/C36H40N4O4/c1-9-23-19(3)27-15-28-20(4)24(10-2)32(38-28)18-34-26(12-14-36(42)44-8)22(6)30(40-34)17-33-25(11-13-35(41)43-7)21(5)29(39-33)16-31(23)37-27/h9,15-18,37-38H,1,10-14H2,2-8H3. The van der Waals surface area contributed by atoms with E-state index in [1.54, 1.807) is 0 Å². The minimum Gasteiger partial charge on any atom is -0.469 e. The average molecular weight is 593 g/mol. The minimum absolute atomic E-state index is 0.243. The fraction of sp³-hybridized carbons (Fsp3) is 0.333. The number of esters is 2. The first kappa shape index (κ1) is 30.7. The number of methoxy groups -OCH3 is 2. The lowest BCUT2D eigenvalue weighted by atomic mass is 9.99. The monoisotopic (exact) mass is 592 g/mol. The van der Waals surface area contributed by atoms with E-state index in [9.17, 15) is 9.59 Å². The van der Waals surface area contributed by atoms with E-state index in [1.165, 1.54) is 25.3 Å². The number of rotatable bonds is 8. The maximum atomic E-state index is 12.2. The lowest BCUT2D eigenvalue weighted by Gasteiger charge is -2.05. The number of aromatic nitrogens is 4. The molecule has 3 aromatic rings. The van der Waals surface area contributed by atoms with Crippen molar-refractivity contribution < 1.29 is 19.1 Å². The molecule has 8 bridgehead atoms. The highest BCUT2D eigenvalue weighted by Gasteiger charge is 2.23. The molecule has 44 heavy (non-hydrogen) atoms. The largest absolute Gasteiger partial charge is 0.469 e. The van der Waals surface area contributed by atoms with Crippen LogP contribution < -0.4 is 0 Å². The van der Waals surface area contributed by atoms with Gasteiger partial charge in [0.2, 0.25) is 0 Å². The number of carbonyl (C=O) groups is 2. The Hall–Kier alpha value is -4.72. The molecule has 0 unspecified atom stereocenters. The van der Waals surface area contributed by atoms with Crippen molar-refractivity contribution in [2.45, 2.75) is 66.7 Å². The summed E-state index contributed by atoms with van der Waals surface area (Å²) in [5.41, 5.74) is 15.6. The zero-order valence-electron chi connectivity index (χ0n) is 26.7. The Kier molecular flexibility index (Phi) is 8.72. The van der Waals surface area contributed by atoms with Gasteiger partial charge in [-0.25, -0.2) is 9.97 Å². The van der Waals surface area contributed by atoms with Crippen LogP contribution in [0.15, 0.2) is 30.8 Å². The van der Waals surface area contributed by atoms with Gasteiger partial charge >= 0.3 is 11.9 Å². The summed E-state index contributed by atoms with van der Waals surface area (Å²) in [6.07, 6.45) is 4.21. The van der Waals surface area contributed by atoms with Crippen LogP contribution in [0.4, 0.5) is 0 Å². The topological polar surface area (TPSA) is 110 Å². The van der Waals surface area contributed by atoms with Crippen LogP contribution in [0.3, 0.4) is 0 Å². The third-order valence-corrected chi connectivity index (χ3v) is 8.89. The molecule has 0 fully saturated rings. The molecule has 3 aromatic heterocycles. The molecule has 0 saturated carbocycles. The van der Waals surface area contributed by atoms with Crippen molar-refractivity contribution in [2.75, 3.05) is 14.2 Å². The third-order valence-electron chi connectivity index (χ3n) is 8.89. The van der Waals surface area contributed by atoms with E-state index in [1.807, 2.05) is 26.0 Å². The average Bonchev–Trinajstić information content (AvgIpc) is 3.67. The highest BCUT2D eigenvalue weighted by Crippen LogP contribution is 2.38. The van der Waals surface area contributed by atoms with Gasteiger partial charge in [0.1, 0.15) is 0 Å². The molecule has 0 amide bonds. The van der Waals surface area contributed by atoms with E-state index >= 15 is 0 Å². The number of allylic oxidation sites excluding steroid dienone is 4. The van der Waals surface area contributed by atoms with Crippen LogP contribution in [0.5, 0.6) is 0 Å². The summed E-state index contributed by atoms with van der Waals surface area (Å²) in [6, 6.07) is 8.29. The summed E-state index contributed by atoms with van der Waals surface area (Å²) < 4.78 is 9.89. The van der Waals surface area contributed by atoms with Crippen molar-refractivity contribution in [2.24, 2.45) is 0 Å². The second-order valence-corrected chi connectivity index (χ2v) is 11.3. The second-order valence-electron chi connectivity index (χ2n) is 11.3. The zero-order valence-corrected chi connectivity index (χ0v) is 26.7. The van der Waals surface area contributed by atoms with Crippen molar-refractivity contribution in [3.05, 3.63) is 75.9 Å². The van der Waals surface area contributed by atoms with E-state index in [0.717, 1.165) is 84.7 Å². The Balaban J connectivity index is 1.88. The van der Waals surface area contributed by atoms with Crippen LogP contribution in [0.25, 0.3) is 50.4 Å². The van der Waals surface area contributed by atoms with Gasteiger partial charge in [-0.2, -0.15) is 0 Å². The van der Waals surface area contributed by atoms with Crippen LogP contribution >= 0.6 is 0 Å². The van der Waals surface area contributed by atoms with Gasteiger partial charge in [0.05, 0.1) is 37.0 Å². The molecular weight excluding hydrogens is 552 g/mol. The van der Waals surface area contributed by atoms with E-state index in [0.29, 0.717) is 12.8 Å². The second kappa shape index (κ2) is 12.5. The number of H-pyrrole nitrogens is 2. The van der Waals surface area contributed by atoms with Crippen LogP contribution in [0.2, 0.25) is 0 Å².